The van der Waals surface area contributed by atoms with Crippen molar-refractivity contribution < 1.29 is 19.4 Å². The number of hydrogen-bond donors (Lipinski definition) is 1. The van der Waals surface area contributed by atoms with E-state index in [-0.39, 0.29) is 5.78 Å². The van der Waals surface area contributed by atoms with Crippen molar-refractivity contribution in [2.75, 3.05) is 20.8 Å². The van der Waals surface area contributed by atoms with E-state index in [1.807, 2.05) is 6.92 Å². The second kappa shape index (κ2) is 4.79. The Balaban J connectivity index is 3.28. The molecule has 0 aliphatic carbocycles. The van der Waals surface area contributed by atoms with Crippen LogP contribution in [0, 0.1) is 6.92 Å². The molecule has 1 aromatic carbocycles. The molecule has 0 heterocycles. The normalized spacial score (nSPS) is 9.87. The van der Waals surface area contributed by atoms with Crippen molar-refractivity contribution in [3.63, 3.8) is 0 Å². The van der Waals surface area contributed by atoms with Gasteiger partial charge in [-0.1, -0.05) is 0 Å². The number of ether oxygens (including phenoxy) is 2. The van der Waals surface area contributed by atoms with Gasteiger partial charge in [-0.2, -0.15) is 0 Å². The lowest BCUT2D eigenvalue weighted by molar-refractivity contribution is 0.0900. The molecule has 0 aliphatic heterocycles. The fraction of sp³-hybridized carbons (Fsp3) is 0.364. The number of methoxy groups -OCH3 is 2. The highest BCUT2D eigenvalue weighted by Gasteiger charge is 2.14. The lowest BCUT2D eigenvalue weighted by Gasteiger charge is -2.11. The smallest absolute Gasteiger partial charge is 0.192 e. The maximum Gasteiger partial charge on any atom is 0.192 e. The Morgan fingerprint density at radius 3 is 2.33 bits per heavy atom. The van der Waals surface area contributed by atoms with E-state index in [9.17, 15) is 4.79 Å². The van der Waals surface area contributed by atoms with Gasteiger partial charge in [0.25, 0.3) is 0 Å². The number of aliphatic hydroxyl groups excluding tert-OH is 1. The van der Waals surface area contributed by atoms with Crippen LogP contribution in [0.1, 0.15) is 15.9 Å². The van der Waals surface area contributed by atoms with E-state index in [0.717, 1.165) is 5.56 Å². The van der Waals surface area contributed by atoms with Gasteiger partial charge in [0.2, 0.25) is 0 Å². The topological polar surface area (TPSA) is 55.8 Å². The molecule has 1 aromatic rings. The number of carbonyl (C=O) groups excluding carboxylic acids is 1. The van der Waals surface area contributed by atoms with Gasteiger partial charge in [-0.05, 0) is 24.6 Å². The Hall–Kier alpha value is -1.55. The summed E-state index contributed by atoms with van der Waals surface area (Å²) in [6.45, 7) is 1.32. The first-order valence-electron chi connectivity index (χ1n) is 4.50. The van der Waals surface area contributed by atoms with Crippen molar-refractivity contribution >= 4 is 5.78 Å². The van der Waals surface area contributed by atoms with Crippen molar-refractivity contribution in [1.82, 2.24) is 0 Å². The van der Waals surface area contributed by atoms with Gasteiger partial charge in [0.1, 0.15) is 18.1 Å². The van der Waals surface area contributed by atoms with Gasteiger partial charge in [0, 0.05) is 0 Å². The van der Waals surface area contributed by atoms with E-state index in [1.165, 1.54) is 14.2 Å². The third-order valence-electron chi connectivity index (χ3n) is 2.16. The number of rotatable bonds is 4. The molecule has 0 amide bonds. The minimum Gasteiger partial charge on any atom is -0.496 e. The Morgan fingerprint density at radius 1 is 1.27 bits per heavy atom. The van der Waals surface area contributed by atoms with E-state index in [2.05, 4.69) is 0 Å². The van der Waals surface area contributed by atoms with Gasteiger partial charge in [-0.3, -0.25) is 4.79 Å². The largest absolute Gasteiger partial charge is 0.496 e. The van der Waals surface area contributed by atoms with Gasteiger partial charge in [-0.25, -0.2) is 0 Å². The average Bonchev–Trinajstić information content (AvgIpc) is 2.27. The van der Waals surface area contributed by atoms with Crippen LogP contribution in [-0.2, 0) is 0 Å². The van der Waals surface area contributed by atoms with Gasteiger partial charge >= 0.3 is 0 Å². The zero-order chi connectivity index (χ0) is 11.4. The number of ketones is 1. The molecule has 0 spiro atoms. The first-order valence-corrected chi connectivity index (χ1v) is 4.50. The van der Waals surface area contributed by atoms with Crippen molar-refractivity contribution in [1.29, 1.82) is 0 Å². The highest BCUT2D eigenvalue weighted by Crippen LogP contribution is 2.28. The van der Waals surface area contributed by atoms with Crippen LogP contribution < -0.4 is 9.47 Å². The van der Waals surface area contributed by atoms with Crippen LogP contribution in [0.25, 0.3) is 0 Å². The number of aryl methyl sites for hydroxylation is 1. The fourth-order valence-corrected chi connectivity index (χ4v) is 1.35. The van der Waals surface area contributed by atoms with Crippen LogP contribution in [0.2, 0.25) is 0 Å². The predicted molar refractivity (Wildman–Crippen MR) is 55.7 cm³/mol. The van der Waals surface area contributed by atoms with Gasteiger partial charge in [-0.15, -0.1) is 0 Å². The first kappa shape index (κ1) is 11.5. The summed E-state index contributed by atoms with van der Waals surface area (Å²) in [6, 6.07) is 3.29. The SMILES string of the molecule is COc1cc(C(=O)CO)c(OC)cc1C. The quantitative estimate of drug-likeness (QED) is 0.758. The van der Waals surface area contributed by atoms with Crippen LogP contribution in [0.4, 0.5) is 0 Å². The molecular formula is C11H14O4. The average molecular weight is 210 g/mol. The Bertz CT molecular complexity index is 371. The number of carbonyl (C=O) groups is 1. The van der Waals surface area contributed by atoms with Gasteiger partial charge < -0.3 is 14.6 Å². The molecule has 0 saturated heterocycles. The fourth-order valence-electron chi connectivity index (χ4n) is 1.35. The number of hydrogen-bond acceptors (Lipinski definition) is 4. The van der Waals surface area contributed by atoms with E-state index in [4.69, 9.17) is 14.6 Å². The molecule has 1 rings (SSSR count). The second-order valence-corrected chi connectivity index (χ2v) is 3.10. The molecule has 0 aliphatic rings. The maximum absolute atomic E-state index is 11.4. The first-order chi connectivity index (χ1) is 7.13. The minimum absolute atomic E-state index is 0.336. The van der Waals surface area contributed by atoms with Gasteiger partial charge in [0.15, 0.2) is 5.78 Å². The highest BCUT2D eigenvalue weighted by atomic mass is 16.5. The third kappa shape index (κ3) is 2.27. The molecule has 0 bridgehead atoms. The summed E-state index contributed by atoms with van der Waals surface area (Å²) in [4.78, 5) is 11.4. The standard InChI is InChI=1S/C11H14O4/c1-7-4-11(15-3)8(9(13)6-12)5-10(7)14-2/h4-5,12H,6H2,1-3H3. The van der Waals surface area contributed by atoms with Crippen molar-refractivity contribution in [3.05, 3.63) is 23.3 Å². The van der Waals surface area contributed by atoms with Crippen LogP contribution in [0.15, 0.2) is 12.1 Å². The van der Waals surface area contributed by atoms with Crippen molar-refractivity contribution in [3.8, 4) is 11.5 Å². The number of benzene rings is 1. The molecular weight excluding hydrogens is 196 g/mol. The third-order valence-corrected chi connectivity index (χ3v) is 2.16. The zero-order valence-corrected chi connectivity index (χ0v) is 9.03. The van der Waals surface area contributed by atoms with Crippen molar-refractivity contribution in [2.24, 2.45) is 0 Å². The summed E-state index contributed by atoms with van der Waals surface area (Å²) < 4.78 is 10.2. The Kier molecular flexibility index (Phi) is 3.68. The molecule has 0 unspecified atom stereocenters. The van der Waals surface area contributed by atoms with Gasteiger partial charge in [0.05, 0.1) is 19.8 Å². The summed E-state index contributed by atoms with van der Waals surface area (Å²) in [7, 11) is 3.01. The van der Waals surface area contributed by atoms with E-state index in [0.29, 0.717) is 17.1 Å². The molecule has 0 atom stereocenters. The second-order valence-electron chi connectivity index (χ2n) is 3.10. The Labute approximate surface area is 88.4 Å². The summed E-state index contributed by atoms with van der Waals surface area (Å²) in [5, 5.41) is 8.80. The molecule has 0 saturated carbocycles. The monoisotopic (exact) mass is 210 g/mol. The maximum atomic E-state index is 11.4. The summed E-state index contributed by atoms with van der Waals surface area (Å²) >= 11 is 0. The lowest BCUT2D eigenvalue weighted by atomic mass is 10.1. The number of Topliss-reactive ketones (excluding diaryl/α,β-unsaturated/α-hetero) is 1. The van der Waals surface area contributed by atoms with Crippen LogP contribution in [-0.4, -0.2) is 31.7 Å². The molecule has 0 radical (unpaired) electrons. The summed E-state index contributed by atoms with van der Waals surface area (Å²) in [5.74, 6) is 0.671. The van der Waals surface area contributed by atoms with E-state index in [1.54, 1.807) is 12.1 Å². The highest BCUT2D eigenvalue weighted by molar-refractivity contribution is 6.00. The molecule has 0 aromatic heterocycles. The van der Waals surface area contributed by atoms with E-state index < -0.39 is 6.61 Å². The minimum atomic E-state index is -0.539. The molecule has 4 nitrogen and oxygen atoms in total. The predicted octanol–water partition coefficient (Wildman–Crippen LogP) is 1.19. The molecule has 15 heavy (non-hydrogen) atoms. The summed E-state index contributed by atoms with van der Waals surface area (Å²) in [5.41, 5.74) is 1.21. The zero-order valence-electron chi connectivity index (χ0n) is 9.03. The van der Waals surface area contributed by atoms with Crippen LogP contribution in [0.5, 0.6) is 11.5 Å². The van der Waals surface area contributed by atoms with E-state index >= 15 is 0 Å². The number of aliphatic hydroxyl groups is 1. The Morgan fingerprint density at radius 2 is 1.87 bits per heavy atom. The van der Waals surface area contributed by atoms with Crippen LogP contribution >= 0.6 is 0 Å². The molecule has 1 N–H and O–H groups in total. The van der Waals surface area contributed by atoms with Crippen LogP contribution in [0.3, 0.4) is 0 Å². The van der Waals surface area contributed by atoms with Crippen molar-refractivity contribution in [2.45, 2.75) is 6.92 Å². The molecule has 82 valence electrons. The summed E-state index contributed by atoms with van der Waals surface area (Å²) in [6.07, 6.45) is 0. The molecule has 4 heteroatoms. The molecule has 0 fully saturated rings. The lowest BCUT2D eigenvalue weighted by Crippen LogP contribution is -2.07.